The van der Waals surface area contributed by atoms with Gasteiger partial charge < -0.3 is 10.1 Å². The maximum Gasteiger partial charge on any atom is 0.194 e. The lowest BCUT2D eigenvalue weighted by Crippen LogP contribution is -2.24. The average Bonchev–Trinajstić information content (AvgIpc) is 2.81. The molecule has 0 fully saturated rings. The van der Waals surface area contributed by atoms with E-state index in [4.69, 9.17) is 4.74 Å². The van der Waals surface area contributed by atoms with E-state index in [-0.39, 0.29) is 0 Å². The number of aryl methyl sites for hydroxylation is 2. The van der Waals surface area contributed by atoms with Crippen molar-refractivity contribution in [2.45, 2.75) is 27.3 Å². The van der Waals surface area contributed by atoms with Crippen LogP contribution in [0.15, 0.2) is 5.38 Å². The van der Waals surface area contributed by atoms with E-state index in [2.05, 4.69) is 40.9 Å². The van der Waals surface area contributed by atoms with Gasteiger partial charge in [-0.05, 0) is 19.8 Å². The van der Waals surface area contributed by atoms with Gasteiger partial charge in [0.15, 0.2) is 4.96 Å². The molecule has 2 aromatic rings. The Morgan fingerprint density at radius 3 is 3.00 bits per heavy atom. The number of aromatic nitrogens is 2. The Hall–Kier alpha value is -0.910. The number of imidazole rings is 1. The molecule has 1 atom stereocenters. The zero-order valence-electron chi connectivity index (χ0n) is 11.5. The van der Waals surface area contributed by atoms with Crippen molar-refractivity contribution in [3.8, 4) is 0 Å². The topological polar surface area (TPSA) is 38.6 Å². The molecule has 0 bridgehead atoms. The van der Waals surface area contributed by atoms with Crippen molar-refractivity contribution in [2.75, 3.05) is 20.3 Å². The highest BCUT2D eigenvalue weighted by Gasteiger charge is 2.12. The monoisotopic (exact) mass is 267 g/mol. The van der Waals surface area contributed by atoms with Gasteiger partial charge in [0.2, 0.25) is 0 Å². The molecule has 0 radical (unpaired) electrons. The molecule has 0 saturated heterocycles. The van der Waals surface area contributed by atoms with Crippen LogP contribution in [0.1, 0.15) is 24.0 Å². The first-order valence-corrected chi connectivity index (χ1v) is 7.13. The normalized spacial score (nSPS) is 13.3. The molecule has 0 aromatic carbocycles. The molecule has 18 heavy (non-hydrogen) atoms. The lowest BCUT2D eigenvalue weighted by molar-refractivity contribution is 0.158. The summed E-state index contributed by atoms with van der Waals surface area (Å²) in [4.78, 5) is 5.67. The maximum atomic E-state index is 5.14. The van der Waals surface area contributed by atoms with Gasteiger partial charge in [-0.1, -0.05) is 6.92 Å². The first-order valence-electron chi connectivity index (χ1n) is 6.25. The minimum Gasteiger partial charge on any atom is -0.384 e. The number of hydrogen-bond acceptors (Lipinski definition) is 4. The van der Waals surface area contributed by atoms with Crippen molar-refractivity contribution in [2.24, 2.45) is 5.92 Å². The zero-order chi connectivity index (χ0) is 13.1. The zero-order valence-corrected chi connectivity index (χ0v) is 12.3. The van der Waals surface area contributed by atoms with Crippen LogP contribution in [0, 0.1) is 19.8 Å². The van der Waals surface area contributed by atoms with Crippen LogP contribution in [0.4, 0.5) is 0 Å². The van der Waals surface area contributed by atoms with Crippen molar-refractivity contribution in [1.29, 1.82) is 0 Å². The van der Waals surface area contributed by atoms with Gasteiger partial charge in [0.05, 0.1) is 11.4 Å². The van der Waals surface area contributed by atoms with Gasteiger partial charge in [-0.15, -0.1) is 11.3 Å². The molecule has 4 nitrogen and oxygen atoms in total. The van der Waals surface area contributed by atoms with E-state index in [1.165, 1.54) is 11.4 Å². The molecular formula is C13H21N3OS. The summed E-state index contributed by atoms with van der Waals surface area (Å²) in [6, 6.07) is 0. The van der Waals surface area contributed by atoms with Crippen LogP contribution in [-0.2, 0) is 11.3 Å². The fraction of sp³-hybridized carbons (Fsp3) is 0.615. The number of rotatable bonds is 6. The van der Waals surface area contributed by atoms with Gasteiger partial charge in [0.1, 0.15) is 0 Å². The fourth-order valence-electron chi connectivity index (χ4n) is 2.16. The molecule has 2 aromatic heterocycles. The second-order valence-corrected chi connectivity index (χ2v) is 5.67. The predicted octanol–water partition coefficient (Wildman–Crippen LogP) is 2.38. The van der Waals surface area contributed by atoms with E-state index in [1.54, 1.807) is 18.4 Å². The molecule has 0 saturated carbocycles. The van der Waals surface area contributed by atoms with E-state index in [0.717, 1.165) is 30.4 Å². The van der Waals surface area contributed by atoms with E-state index >= 15 is 0 Å². The lowest BCUT2D eigenvalue weighted by Gasteiger charge is -2.11. The van der Waals surface area contributed by atoms with Gasteiger partial charge >= 0.3 is 0 Å². The Labute approximate surface area is 112 Å². The number of ether oxygens (including phenoxy) is 1. The molecule has 1 unspecified atom stereocenters. The molecular weight excluding hydrogens is 246 g/mol. The Morgan fingerprint density at radius 1 is 1.50 bits per heavy atom. The van der Waals surface area contributed by atoms with Crippen molar-refractivity contribution in [3.05, 3.63) is 22.5 Å². The van der Waals surface area contributed by atoms with E-state index in [1.807, 2.05) is 0 Å². The number of nitrogens with zero attached hydrogens (tertiary/aromatic N) is 2. The van der Waals surface area contributed by atoms with Crippen LogP contribution < -0.4 is 5.32 Å². The molecule has 1 N–H and O–H groups in total. The van der Waals surface area contributed by atoms with Crippen molar-refractivity contribution in [1.82, 2.24) is 14.7 Å². The second-order valence-electron chi connectivity index (χ2n) is 4.83. The summed E-state index contributed by atoms with van der Waals surface area (Å²) in [5, 5.41) is 5.64. The lowest BCUT2D eigenvalue weighted by atomic mass is 10.2. The number of nitrogens with one attached hydrogen (secondary N) is 1. The summed E-state index contributed by atoms with van der Waals surface area (Å²) in [7, 11) is 1.75. The molecule has 2 rings (SSSR count). The molecule has 0 aliphatic rings. The number of methoxy groups -OCH3 is 1. The summed E-state index contributed by atoms with van der Waals surface area (Å²) in [6.07, 6.45) is 0. The first kappa shape index (κ1) is 13.5. The highest BCUT2D eigenvalue weighted by Crippen LogP contribution is 2.20. The van der Waals surface area contributed by atoms with Gasteiger partial charge in [-0.3, -0.25) is 4.40 Å². The van der Waals surface area contributed by atoms with Crippen molar-refractivity contribution in [3.63, 3.8) is 0 Å². The molecule has 0 spiro atoms. The summed E-state index contributed by atoms with van der Waals surface area (Å²) >= 11 is 1.70. The Kier molecular flexibility index (Phi) is 4.37. The highest BCUT2D eigenvalue weighted by molar-refractivity contribution is 7.15. The van der Waals surface area contributed by atoms with Gasteiger partial charge in [-0.25, -0.2) is 4.98 Å². The Morgan fingerprint density at radius 2 is 2.28 bits per heavy atom. The predicted molar refractivity (Wildman–Crippen MR) is 75.3 cm³/mol. The standard InChI is InChI=1S/C13H21N3OS/c1-9(7-17-4)5-14-6-12-11(3)15-13-16(12)10(2)8-18-13/h8-9,14H,5-7H2,1-4H3. The number of thiazole rings is 1. The van der Waals surface area contributed by atoms with Crippen molar-refractivity contribution < 1.29 is 4.74 Å². The van der Waals surface area contributed by atoms with E-state index in [9.17, 15) is 0 Å². The SMILES string of the molecule is COCC(C)CNCc1c(C)nc2scc(C)n12. The van der Waals surface area contributed by atoms with Crippen LogP contribution in [0.2, 0.25) is 0 Å². The van der Waals surface area contributed by atoms with Crippen LogP contribution in [0.5, 0.6) is 0 Å². The van der Waals surface area contributed by atoms with Crippen LogP contribution >= 0.6 is 11.3 Å². The smallest absolute Gasteiger partial charge is 0.194 e. The van der Waals surface area contributed by atoms with Gasteiger partial charge in [0, 0.05) is 37.9 Å². The van der Waals surface area contributed by atoms with Gasteiger partial charge in [0.25, 0.3) is 0 Å². The molecule has 100 valence electrons. The van der Waals surface area contributed by atoms with Gasteiger partial charge in [-0.2, -0.15) is 0 Å². The van der Waals surface area contributed by atoms with Crippen LogP contribution in [0.25, 0.3) is 4.96 Å². The molecule has 0 aliphatic carbocycles. The number of hydrogen-bond donors (Lipinski definition) is 1. The van der Waals surface area contributed by atoms with E-state index < -0.39 is 0 Å². The minimum absolute atomic E-state index is 0.530. The third-order valence-electron chi connectivity index (χ3n) is 3.07. The minimum atomic E-state index is 0.530. The Bertz CT molecular complexity index is 518. The maximum absolute atomic E-state index is 5.14. The summed E-state index contributed by atoms with van der Waals surface area (Å²) < 4.78 is 7.38. The van der Waals surface area contributed by atoms with E-state index in [0.29, 0.717) is 5.92 Å². The first-order chi connectivity index (χ1) is 8.63. The fourth-order valence-corrected chi connectivity index (χ4v) is 3.09. The molecule has 2 heterocycles. The molecule has 0 aliphatic heterocycles. The largest absolute Gasteiger partial charge is 0.384 e. The van der Waals surface area contributed by atoms with Crippen molar-refractivity contribution >= 4 is 16.3 Å². The quantitative estimate of drug-likeness (QED) is 0.873. The van der Waals surface area contributed by atoms with Crippen LogP contribution in [0.3, 0.4) is 0 Å². The third kappa shape index (κ3) is 2.74. The average molecular weight is 267 g/mol. The number of fused-ring (bicyclic) bond motifs is 1. The summed E-state index contributed by atoms with van der Waals surface area (Å²) in [5.41, 5.74) is 3.66. The van der Waals surface area contributed by atoms with Crippen LogP contribution in [-0.4, -0.2) is 29.6 Å². The summed E-state index contributed by atoms with van der Waals surface area (Å²) in [6.45, 7) is 9.01. The summed E-state index contributed by atoms with van der Waals surface area (Å²) in [5.74, 6) is 0.530. The molecule has 0 amide bonds. The Balaban J connectivity index is 2.03. The second kappa shape index (κ2) is 5.82. The third-order valence-corrected chi connectivity index (χ3v) is 4.01. The highest BCUT2D eigenvalue weighted by atomic mass is 32.1. The molecule has 5 heteroatoms.